The van der Waals surface area contributed by atoms with Gasteiger partial charge >= 0.3 is 0 Å². The van der Waals surface area contributed by atoms with Crippen LogP contribution in [0.3, 0.4) is 0 Å². The van der Waals surface area contributed by atoms with E-state index in [1.807, 2.05) is 43.3 Å². The van der Waals surface area contributed by atoms with Gasteiger partial charge in [0.1, 0.15) is 6.10 Å². The average molecular weight is 278 g/mol. The second-order valence-corrected chi connectivity index (χ2v) is 6.22. The zero-order valence-electron chi connectivity index (χ0n) is 12.2. The van der Waals surface area contributed by atoms with Crippen LogP contribution in [0.15, 0.2) is 48.5 Å². The Hall–Kier alpha value is -1.93. The van der Waals surface area contributed by atoms with E-state index in [2.05, 4.69) is 19.1 Å². The normalized spacial score (nSPS) is 29.4. The van der Waals surface area contributed by atoms with Gasteiger partial charge in [0.2, 0.25) is 0 Å². The van der Waals surface area contributed by atoms with Crippen molar-refractivity contribution in [2.24, 2.45) is 5.92 Å². The van der Waals surface area contributed by atoms with Crippen molar-refractivity contribution in [1.82, 2.24) is 0 Å². The number of Topliss-reactive ketones (excluding diaryl/α,β-unsaturated/α-hetero) is 1. The lowest BCUT2D eigenvalue weighted by Crippen LogP contribution is -2.28. The SMILES string of the molecule is Cc1ccc(C(=O)C2c3ccccc3[C@H]3O[C@H]3[C@@H]2C)cc1. The second kappa shape index (κ2) is 4.54. The van der Waals surface area contributed by atoms with Crippen molar-refractivity contribution in [3.63, 3.8) is 0 Å². The molecule has 0 spiro atoms. The van der Waals surface area contributed by atoms with Crippen LogP contribution in [0.1, 0.15) is 46.0 Å². The van der Waals surface area contributed by atoms with Crippen molar-refractivity contribution in [2.75, 3.05) is 0 Å². The van der Waals surface area contributed by atoms with Gasteiger partial charge in [-0.1, -0.05) is 61.0 Å². The number of ether oxygens (including phenoxy) is 1. The number of aryl methyl sites for hydroxylation is 1. The number of fused-ring (bicyclic) bond motifs is 3. The lowest BCUT2D eigenvalue weighted by atomic mass is 9.72. The van der Waals surface area contributed by atoms with E-state index in [1.165, 1.54) is 11.1 Å². The average Bonchev–Trinajstić information content (AvgIpc) is 3.29. The number of rotatable bonds is 2. The Kier molecular flexibility index (Phi) is 2.76. The van der Waals surface area contributed by atoms with Gasteiger partial charge in [-0.2, -0.15) is 0 Å². The molecular formula is C19H18O2. The van der Waals surface area contributed by atoms with E-state index >= 15 is 0 Å². The molecule has 2 aromatic carbocycles. The first-order valence-corrected chi connectivity index (χ1v) is 7.52. The van der Waals surface area contributed by atoms with Crippen molar-refractivity contribution < 1.29 is 9.53 Å². The quantitative estimate of drug-likeness (QED) is 0.612. The van der Waals surface area contributed by atoms with Gasteiger partial charge in [0.25, 0.3) is 0 Å². The largest absolute Gasteiger partial charge is 0.364 e. The standard InChI is InChI=1S/C19H18O2/c1-11-7-9-13(10-8-11)17(20)16-12(2)18-19(21-18)15-6-4-3-5-14(15)16/h3-10,12,16,18-19H,1-2H3/t12-,16?,18+,19-/m1/s1. The lowest BCUT2D eigenvalue weighted by Gasteiger charge is -2.27. The van der Waals surface area contributed by atoms with E-state index in [0.29, 0.717) is 0 Å². The van der Waals surface area contributed by atoms with Gasteiger partial charge < -0.3 is 4.74 Å². The molecule has 106 valence electrons. The molecule has 1 unspecified atom stereocenters. The number of carbonyl (C=O) groups excluding carboxylic acids is 1. The number of carbonyl (C=O) groups is 1. The molecule has 2 nitrogen and oxygen atoms in total. The lowest BCUT2D eigenvalue weighted by molar-refractivity contribution is 0.0921. The number of epoxide rings is 1. The molecule has 1 aliphatic heterocycles. The maximum absolute atomic E-state index is 13.0. The predicted octanol–water partition coefficient (Wildman–Crippen LogP) is 4.05. The fraction of sp³-hybridized carbons (Fsp3) is 0.316. The van der Waals surface area contributed by atoms with Crippen LogP contribution in [0.25, 0.3) is 0 Å². The van der Waals surface area contributed by atoms with E-state index in [4.69, 9.17) is 4.74 Å². The monoisotopic (exact) mass is 278 g/mol. The summed E-state index contributed by atoms with van der Waals surface area (Å²) in [4.78, 5) is 13.0. The van der Waals surface area contributed by atoms with Crippen molar-refractivity contribution in [1.29, 1.82) is 0 Å². The Balaban J connectivity index is 1.77. The Morgan fingerprint density at radius 1 is 1.00 bits per heavy atom. The highest BCUT2D eigenvalue weighted by atomic mass is 16.6. The summed E-state index contributed by atoms with van der Waals surface area (Å²) in [6.45, 7) is 4.17. The Morgan fingerprint density at radius 3 is 2.38 bits per heavy atom. The van der Waals surface area contributed by atoms with Crippen molar-refractivity contribution >= 4 is 5.78 Å². The Bertz CT molecular complexity index is 702. The maximum atomic E-state index is 13.0. The van der Waals surface area contributed by atoms with Gasteiger partial charge in [-0.05, 0) is 24.0 Å². The van der Waals surface area contributed by atoms with Crippen molar-refractivity contribution in [3.05, 3.63) is 70.8 Å². The highest BCUT2D eigenvalue weighted by molar-refractivity contribution is 6.01. The first-order valence-electron chi connectivity index (χ1n) is 7.52. The van der Waals surface area contributed by atoms with Crippen molar-refractivity contribution in [3.8, 4) is 0 Å². The van der Waals surface area contributed by atoms with E-state index in [9.17, 15) is 4.79 Å². The minimum atomic E-state index is -0.0901. The topological polar surface area (TPSA) is 29.6 Å². The number of hydrogen-bond acceptors (Lipinski definition) is 2. The summed E-state index contributed by atoms with van der Waals surface area (Å²) in [6, 6.07) is 16.1. The van der Waals surface area contributed by atoms with Crippen LogP contribution in [-0.4, -0.2) is 11.9 Å². The summed E-state index contributed by atoms with van der Waals surface area (Å²) >= 11 is 0. The molecule has 2 heteroatoms. The van der Waals surface area contributed by atoms with E-state index in [1.54, 1.807) is 0 Å². The molecule has 1 fully saturated rings. The molecule has 1 heterocycles. The van der Waals surface area contributed by atoms with Crippen LogP contribution in [0.2, 0.25) is 0 Å². The third kappa shape index (κ3) is 1.94. The van der Waals surface area contributed by atoms with Crippen LogP contribution in [0.4, 0.5) is 0 Å². The fourth-order valence-electron chi connectivity index (χ4n) is 3.58. The van der Waals surface area contributed by atoms with E-state index < -0.39 is 0 Å². The molecule has 1 saturated heterocycles. The zero-order valence-corrected chi connectivity index (χ0v) is 12.2. The number of benzene rings is 2. The Labute approximate surface area is 124 Å². The molecule has 0 bridgehead atoms. The molecule has 2 aliphatic rings. The van der Waals surface area contributed by atoms with E-state index in [0.717, 1.165) is 11.1 Å². The van der Waals surface area contributed by atoms with Crippen LogP contribution in [0, 0.1) is 12.8 Å². The smallest absolute Gasteiger partial charge is 0.170 e. The Morgan fingerprint density at radius 2 is 1.67 bits per heavy atom. The zero-order chi connectivity index (χ0) is 14.6. The summed E-state index contributed by atoms with van der Waals surface area (Å²) in [7, 11) is 0. The molecule has 4 atom stereocenters. The summed E-state index contributed by atoms with van der Waals surface area (Å²) in [5.41, 5.74) is 4.32. The minimum absolute atomic E-state index is 0.0901. The van der Waals surface area contributed by atoms with Gasteiger partial charge in [-0.25, -0.2) is 0 Å². The number of hydrogen-bond donors (Lipinski definition) is 0. The van der Waals surface area contributed by atoms with Gasteiger partial charge in [-0.3, -0.25) is 4.79 Å². The maximum Gasteiger partial charge on any atom is 0.170 e. The summed E-state index contributed by atoms with van der Waals surface area (Å²) in [5.74, 6) is 0.357. The molecule has 4 rings (SSSR count). The van der Waals surface area contributed by atoms with E-state index in [-0.39, 0.29) is 29.8 Å². The number of ketones is 1. The highest BCUT2D eigenvalue weighted by Gasteiger charge is 2.53. The molecule has 1 aliphatic carbocycles. The molecule has 2 aromatic rings. The molecular weight excluding hydrogens is 260 g/mol. The molecule has 0 saturated carbocycles. The summed E-state index contributed by atoms with van der Waals surface area (Å²) in [6.07, 6.45) is 0.414. The van der Waals surface area contributed by atoms with Crippen molar-refractivity contribution in [2.45, 2.75) is 32.0 Å². The van der Waals surface area contributed by atoms with Crippen LogP contribution >= 0.6 is 0 Å². The highest BCUT2D eigenvalue weighted by Crippen LogP contribution is 2.54. The van der Waals surface area contributed by atoms with Gasteiger partial charge in [0.05, 0.1) is 12.0 Å². The van der Waals surface area contributed by atoms with Crippen LogP contribution in [0.5, 0.6) is 0 Å². The third-order valence-corrected chi connectivity index (χ3v) is 4.83. The summed E-state index contributed by atoms with van der Waals surface area (Å²) < 4.78 is 5.80. The van der Waals surface area contributed by atoms with Crippen LogP contribution < -0.4 is 0 Å². The first kappa shape index (κ1) is 12.8. The molecule has 0 aromatic heterocycles. The minimum Gasteiger partial charge on any atom is -0.364 e. The molecule has 0 radical (unpaired) electrons. The predicted molar refractivity (Wildman–Crippen MR) is 81.5 cm³/mol. The first-order chi connectivity index (χ1) is 10.2. The molecule has 0 amide bonds. The fourth-order valence-corrected chi connectivity index (χ4v) is 3.58. The van der Waals surface area contributed by atoms with Gasteiger partial charge in [-0.15, -0.1) is 0 Å². The van der Waals surface area contributed by atoms with Gasteiger partial charge in [0.15, 0.2) is 5.78 Å². The molecule has 0 N–H and O–H groups in total. The second-order valence-electron chi connectivity index (χ2n) is 6.22. The molecule has 21 heavy (non-hydrogen) atoms. The third-order valence-electron chi connectivity index (χ3n) is 4.83. The summed E-state index contributed by atoms with van der Waals surface area (Å²) in [5, 5.41) is 0. The van der Waals surface area contributed by atoms with Crippen LogP contribution in [-0.2, 0) is 4.74 Å². The van der Waals surface area contributed by atoms with Gasteiger partial charge in [0, 0.05) is 5.56 Å².